The third kappa shape index (κ3) is 3.59. The Hall–Kier alpha value is -4.85. The Morgan fingerprint density at radius 1 is 0.628 bits per heavy atom. The summed E-state index contributed by atoms with van der Waals surface area (Å²) in [5, 5.41) is 0. The summed E-state index contributed by atoms with van der Waals surface area (Å²) in [7, 11) is 0. The number of ether oxygens (including phenoxy) is 1. The van der Waals surface area contributed by atoms with Crippen molar-refractivity contribution in [2.75, 3.05) is 9.80 Å². The number of esters is 1. The van der Waals surface area contributed by atoms with Crippen molar-refractivity contribution < 1.29 is 28.7 Å². The van der Waals surface area contributed by atoms with Crippen LogP contribution < -0.4 is 14.5 Å². The van der Waals surface area contributed by atoms with Gasteiger partial charge in [-0.1, -0.05) is 66.1 Å². The summed E-state index contributed by atoms with van der Waals surface area (Å²) in [6.07, 6.45) is 0. The van der Waals surface area contributed by atoms with E-state index in [1.165, 1.54) is 9.80 Å². The second-order valence-corrected chi connectivity index (χ2v) is 12.3. The molecule has 0 N–H and O–H groups in total. The highest BCUT2D eigenvalue weighted by atomic mass is 16.5. The molecular formula is C35H30N2O6. The summed E-state index contributed by atoms with van der Waals surface area (Å²) >= 11 is 0. The van der Waals surface area contributed by atoms with E-state index in [0.29, 0.717) is 22.7 Å². The molecule has 3 aliphatic carbocycles. The van der Waals surface area contributed by atoms with Crippen LogP contribution >= 0.6 is 0 Å². The Morgan fingerprint density at radius 3 is 1.51 bits per heavy atom. The van der Waals surface area contributed by atoms with Gasteiger partial charge < -0.3 is 4.74 Å². The minimum Gasteiger partial charge on any atom is -0.423 e. The molecule has 3 aromatic rings. The number of carbonyl (C=O) groups excluding carboxylic acids is 5. The van der Waals surface area contributed by atoms with E-state index < -0.39 is 64.6 Å². The molecule has 43 heavy (non-hydrogen) atoms. The Morgan fingerprint density at radius 2 is 1.07 bits per heavy atom. The van der Waals surface area contributed by atoms with Crippen LogP contribution in [0.25, 0.3) is 0 Å². The molecule has 4 amide bonds. The van der Waals surface area contributed by atoms with E-state index in [0.717, 1.165) is 11.1 Å². The van der Waals surface area contributed by atoms with Gasteiger partial charge in [-0.05, 0) is 57.2 Å². The second-order valence-electron chi connectivity index (χ2n) is 12.3. The predicted octanol–water partition coefficient (Wildman–Crippen LogP) is 4.79. The molecule has 3 fully saturated rings. The lowest BCUT2D eigenvalue weighted by atomic mass is 9.43. The van der Waals surface area contributed by atoms with Crippen LogP contribution in [0.2, 0.25) is 0 Å². The van der Waals surface area contributed by atoms with Gasteiger partial charge in [0.2, 0.25) is 23.6 Å². The fourth-order valence-electron chi connectivity index (χ4n) is 8.15. The number of hydrogen-bond donors (Lipinski definition) is 0. The molecule has 8 heteroatoms. The number of benzene rings is 3. The topological polar surface area (TPSA) is 101 Å². The zero-order chi connectivity index (χ0) is 30.4. The third-order valence-electron chi connectivity index (χ3n) is 9.94. The molecule has 8 rings (SSSR count). The van der Waals surface area contributed by atoms with Gasteiger partial charge in [-0.15, -0.1) is 0 Å². The minimum absolute atomic E-state index is 0.197. The monoisotopic (exact) mass is 574 g/mol. The van der Waals surface area contributed by atoms with Crippen LogP contribution in [-0.2, 0) is 24.0 Å². The number of carbonyl (C=O) groups is 5. The van der Waals surface area contributed by atoms with Crippen molar-refractivity contribution in [3.63, 3.8) is 0 Å². The van der Waals surface area contributed by atoms with Crippen LogP contribution in [0.1, 0.15) is 25.0 Å². The number of rotatable bonds is 4. The smallest absolute Gasteiger partial charge is 0.339 e. The molecule has 216 valence electrons. The highest BCUT2D eigenvalue weighted by molar-refractivity contribution is 6.27. The van der Waals surface area contributed by atoms with Crippen molar-refractivity contribution in [1.82, 2.24) is 0 Å². The van der Waals surface area contributed by atoms with E-state index in [4.69, 9.17) is 4.74 Å². The fraction of sp³-hybridized carbons (Fsp3) is 0.286. The highest BCUT2D eigenvalue weighted by Gasteiger charge is 2.77. The van der Waals surface area contributed by atoms with Gasteiger partial charge in [0, 0.05) is 16.9 Å². The van der Waals surface area contributed by atoms with Crippen molar-refractivity contribution >= 4 is 41.0 Å². The van der Waals surface area contributed by atoms with E-state index in [1.54, 1.807) is 68.4 Å². The van der Waals surface area contributed by atoms with Crippen molar-refractivity contribution in [3.8, 4) is 5.75 Å². The molecule has 0 spiro atoms. The first-order valence-corrected chi connectivity index (χ1v) is 14.4. The normalized spacial score (nSPS) is 29.3. The molecule has 3 aromatic carbocycles. The van der Waals surface area contributed by atoms with Gasteiger partial charge in [0.1, 0.15) is 5.75 Å². The van der Waals surface area contributed by atoms with Gasteiger partial charge in [0.15, 0.2) is 0 Å². The Bertz CT molecular complexity index is 1670. The third-order valence-corrected chi connectivity index (χ3v) is 9.94. The first-order valence-electron chi connectivity index (χ1n) is 14.4. The predicted molar refractivity (Wildman–Crippen MR) is 158 cm³/mol. The lowest BCUT2D eigenvalue weighted by Crippen LogP contribution is -2.61. The number of hydrogen-bond acceptors (Lipinski definition) is 6. The van der Waals surface area contributed by atoms with Crippen LogP contribution in [0.5, 0.6) is 5.75 Å². The molecule has 2 aliphatic heterocycles. The minimum atomic E-state index is -1.47. The van der Waals surface area contributed by atoms with Gasteiger partial charge >= 0.3 is 5.97 Å². The van der Waals surface area contributed by atoms with Crippen LogP contribution in [-0.4, -0.2) is 29.6 Å². The molecule has 2 saturated heterocycles. The first-order chi connectivity index (χ1) is 20.6. The second kappa shape index (κ2) is 9.33. The summed E-state index contributed by atoms with van der Waals surface area (Å²) in [5.74, 6) is -6.83. The van der Waals surface area contributed by atoms with Crippen LogP contribution in [0.4, 0.5) is 11.4 Å². The number of anilines is 2. The highest BCUT2D eigenvalue weighted by Crippen LogP contribution is 2.68. The molecule has 4 atom stereocenters. The standard InChI is InChI=1S/C35H30N2O6/c1-18-10-14-21(15-11-18)36-30(38)25-24-20(3)27(34(42)43-23-8-6-5-7-9-23)35(4,28(25)32(36)40)29-26(24)31(39)37(33(29)41)22-16-12-19(2)13-17-22/h5-17,24-26,28-29H,1-4H3. The first kappa shape index (κ1) is 27.0. The average Bonchev–Trinajstić information content (AvgIpc) is 3.41. The Kier molecular flexibility index (Phi) is 5.86. The van der Waals surface area contributed by atoms with Gasteiger partial charge in [-0.2, -0.15) is 0 Å². The molecule has 4 unspecified atom stereocenters. The van der Waals surface area contributed by atoms with Crippen molar-refractivity contribution in [3.05, 3.63) is 101 Å². The SMILES string of the molecule is CC1=C(C(=O)Oc2ccccc2)C2(C)C3C(=O)N(c4ccc(C)cc4)C(=O)C3C1C1C(=O)N(c3ccc(C)cc3)C(=O)C12. The largest absolute Gasteiger partial charge is 0.423 e. The summed E-state index contributed by atoms with van der Waals surface area (Å²) in [6.45, 7) is 7.25. The van der Waals surface area contributed by atoms with Crippen molar-refractivity contribution in [2.24, 2.45) is 35.0 Å². The summed E-state index contributed by atoms with van der Waals surface area (Å²) in [5.41, 5.74) is 2.03. The summed E-state index contributed by atoms with van der Waals surface area (Å²) in [4.78, 5) is 73.5. The molecule has 0 aromatic heterocycles. The fourth-order valence-corrected chi connectivity index (χ4v) is 8.15. The summed E-state index contributed by atoms with van der Waals surface area (Å²) in [6, 6.07) is 22.7. The van der Waals surface area contributed by atoms with Gasteiger partial charge in [-0.25, -0.2) is 4.79 Å². The van der Waals surface area contributed by atoms with Crippen LogP contribution in [0, 0.1) is 48.9 Å². The van der Waals surface area contributed by atoms with Crippen LogP contribution in [0.15, 0.2) is 90.0 Å². The lowest BCUT2D eigenvalue weighted by molar-refractivity contribution is -0.152. The maximum absolute atomic E-state index is 14.4. The maximum atomic E-state index is 14.4. The number of aryl methyl sites for hydroxylation is 2. The lowest BCUT2D eigenvalue weighted by Gasteiger charge is -2.55. The zero-order valence-electron chi connectivity index (χ0n) is 24.2. The van der Waals surface area contributed by atoms with E-state index in [9.17, 15) is 24.0 Å². The van der Waals surface area contributed by atoms with E-state index in [-0.39, 0.29) is 5.57 Å². The molecule has 1 saturated carbocycles. The summed E-state index contributed by atoms with van der Waals surface area (Å²) < 4.78 is 5.80. The quantitative estimate of drug-likeness (QED) is 0.252. The van der Waals surface area contributed by atoms with Gasteiger partial charge in [-0.3, -0.25) is 29.0 Å². The number of allylic oxidation sites excluding steroid dienone is 1. The van der Waals surface area contributed by atoms with E-state index in [2.05, 4.69) is 0 Å². The number of para-hydroxylation sites is 1. The number of imide groups is 2. The number of nitrogens with zero attached hydrogens (tertiary/aromatic N) is 2. The number of amides is 4. The molecule has 2 bridgehead atoms. The van der Waals surface area contributed by atoms with E-state index in [1.807, 2.05) is 38.1 Å². The molecule has 8 nitrogen and oxygen atoms in total. The molecule has 5 aliphatic rings. The van der Waals surface area contributed by atoms with Gasteiger partial charge in [0.25, 0.3) is 0 Å². The van der Waals surface area contributed by atoms with E-state index >= 15 is 0 Å². The maximum Gasteiger partial charge on any atom is 0.339 e. The average molecular weight is 575 g/mol. The van der Waals surface area contributed by atoms with Gasteiger partial charge in [0.05, 0.1) is 35.0 Å². The van der Waals surface area contributed by atoms with Crippen molar-refractivity contribution in [2.45, 2.75) is 27.7 Å². The molecule has 2 heterocycles. The Balaban J connectivity index is 1.40. The van der Waals surface area contributed by atoms with Crippen molar-refractivity contribution in [1.29, 1.82) is 0 Å². The molecular weight excluding hydrogens is 544 g/mol. The zero-order valence-corrected chi connectivity index (χ0v) is 24.2. The Labute approximate surface area is 248 Å². The van der Waals surface area contributed by atoms with Crippen LogP contribution in [0.3, 0.4) is 0 Å². The molecule has 0 radical (unpaired) electrons.